The van der Waals surface area contributed by atoms with E-state index in [1.165, 1.54) is 0 Å². The second-order valence-corrected chi connectivity index (χ2v) is 7.91. The topological polar surface area (TPSA) is 50.4 Å². The van der Waals surface area contributed by atoms with Crippen LogP contribution >= 0.6 is 27.5 Å². The molecule has 0 bridgehead atoms. The van der Waals surface area contributed by atoms with Crippen molar-refractivity contribution in [3.05, 3.63) is 63.1 Å². The molecule has 1 heterocycles. The van der Waals surface area contributed by atoms with Crippen LogP contribution in [-0.2, 0) is 15.1 Å². The van der Waals surface area contributed by atoms with Crippen LogP contribution in [0.2, 0.25) is 5.02 Å². The summed E-state index contributed by atoms with van der Waals surface area (Å²) >= 11 is 9.74. The molecule has 0 aromatic heterocycles. The van der Waals surface area contributed by atoms with Gasteiger partial charge in [-0.3, -0.25) is 10.1 Å². The molecule has 0 aliphatic carbocycles. The lowest BCUT2D eigenvalue weighted by Crippen LogP contribution is -2.49. The summed E-state index contributed by atoms with van der Waals surface area (Å²) in [6.07, 6.45) is 1.64. The molecule has 1 amide bonds. The van der Waals surface area contributed by atoms with Crippen molar-refractivity contribution in [1.82, 2.24) is 5.32 Å². The molecule has 138 valence electrons. The van der Waals surface area contributed by atoms with Gasteiger partial charge in [0.1, 0.15) is 0 Å². The van der Waals surface area contributed by atoms with Gasteiger partial charge in [-0.2, -0.15) is 0 Å². The van der Waals surface area contributed by atoms with Crippen molar-refractivity contribution in [2.75, 3.05) is 25.1 Å². The Labute approximate surface area is 167 Å². The second kappa shape index (κ2) is 8.53. The molecule has 26 heavy (non-hydrogen) atoms. The maximum Gasteiger partial charge on any atom is 0.238 e. The summed E-state index contributed by atoms with van der Waals surface area (Å²) < 4.78 is 6.56. The number of hydrogen-bond acceptors (Lipinski definition) is 3. The number of amides is 1. The van der Waals surface area contributed by atoms with E-state index >= 15 is 0 Å². The zero-order chi connectivity index (χ0) is 18.6. The molecule has 0 spiro atoms. The molecule has 1 saturated heterocycles. The van der Waals surface area contributed by atoms with Crippen LogP contribution in [-0.4, -0.2) is 25.7 Å². The van der Waals surface area contributed by atoms with Crippen LogP contribution in [0.3, 0.4) is 0 Å². The summed E-state index contributed by atoms with van der Waals surface area (Å²) in [4.78, 5) is 12.5. The van der Waals surface area contributed by atoms with Gasteiger partial charge in [-0.15, -0.1) is 0 Å². The average molecular weight is 438 g/mol. The lowest BCUT2D eigenvalue weighted by atomic mass is 9.82. The third kappa shape index (κ3) is 4.65. The van der Waals surface area contributed by atoms with Crippen molar-refractivity contribution in [3.63, 3.8) is 0 Å². The fourth-order valence-corrected chi connectivity index (χ4v) is 3.92. The van der Waals surface area contributed by atoms with Crippen molar-refractivity contribution in [3.8, 4) is 0 Å². The Bertz CT molecular complexity index is 791. The van der Waals surface area contributed by atoms with Gasteiger partial charge in [0.25, 0.3) is 0 Å². The molecule has 2 aromatic carbocycles. The summed E-state index contributed by atoms with van der Waals surface area (Å²) in [6.45, 7) is 3.51. The van der Waals surface area contributed by atoms with Gasteiger partial charge in [-0.25, -0.2) is 0 Å². The molecular formula is C20H22BrClN2O2. The first-order valence-electron chi connectivity index (χ1n) is 8.63. The predicted molar refractivity (Wildman–Crippen MR) is 109 cm³/mol. The van der Waals surface area contributed by atoms with Crippen molar-refractivity contribution < 1.29 is 9.53 Å². The van der Waals surface area contributed by atoms with Crippen LogP contribution in [0.25, 0.3) is 0 Å². The minimum atomic E-state index is -0.267. The highest BCUT2D eigenvalue weighted by Gasteiger charge is 2.34. The molecule has 4 nitrogen and oxygen atoms in total. The smallest absolute Gasteiger partial charge is 0.238 e. The number of anilines is 1. The number of carbonyl (C=O) groups excluding carboxylic acids is 1. The zero-order valence-corrected chi connectivity index (χ0v) is 17.0. The average Bonchev–Trinajstić information content (AvgIpc) is 2.63. The molecule has 0 atom stereocenters. The van der Waals surface area contributed by atoms with E-state index in [-0.39, 0.29) is 18.0 Å². The van der Waals surface area contributed by atoms with Crippen molar-refractivity contribution >= 4 is 39.1 Å². The summed E-state index contributed by atoms with van der Waals surface area (Å²) in [5.74, 6) is -0.114. The summed E-state index contributed by atoms with van der Waals surface area (Å²) in [5.41, 5.74) is 2.59. The lowest BCUT2D eigenvalue weighted by Gasteiger charge is -2.38. The highest BCUT2D eigenvalue weighted by molar-refractivity contribution is 9.10. The van der Waals surface area contributed by atoms with Crippen LogP contribution in [0, 0.1) is 6.92 Å². The molecule has 2 aromatic rings. The standard InChI is InChI=1S/C20H22BrClN2O2/c1-14-5-6-18(17(22)11-14)24-19(25)13-23-20(7-9-26-10-8-20)15-3-2-4-16(21)12-15/h2-6,11-12,23H,7-10,13H2,1H3,(H,24,25). The molecule has 6 heteroatoms. The van der Waals surface area contributed by atoms with Crippen LogP contribution in [0.1, 0.15) is 24.0 Å². The van der Waals surface area contributed by atoms with E-state index in [0.29, 0.717) is 23.9 Å². The predicted octanol–water partition coefficient (Wildman–Crippen LogP) is 4.64. The summed E-state index contributed by atoms with van der Waals surface area (Å²) in [5, 5.41) is 6.90. The maximum atomic E-state index is 12.5. The minimum Gasteiger partial charge on any atom is -0.381 e. The molecule has 3 rings (SSSR count). The number of benzene rings is 2. The van der Waals surface area contributed by atoms with Gasteiger partial charge >= 0.3 is 0 Å². The summed E-state index contributed by atoms with van der Waals surface area (Å²) in [6, 6.07) is 13.8. The summed E-state index contributed by atoms with van der Waals surface area (Å²) in [7, 11) is 0. The zero-order valence-electron chi connectivity index (χ0n) is 14.6. The number of carbonyl (C=O) groups is 1. The molecule has 1 aliphatic heterocycles. The minimum absolute atomic E-state index is 0.114. The molecule has 0 unspecified atom stereocenters. The van der Waals surface area contributed by atoms with Crippen LogP contribution in [0.5, 0.6) is 0 Å². The number of rotatable bonds is 5. The normalized spacial score (nSPS) is 16.3. The monoisotopic (exact) mass is 436 g/mol. The number of halogens is 2. The number of nitrogens with one attached hydrogen (secondary N) is 2. The Hall–Kier alpha value is -1.40. The molecule has 0 radical (unpaired) electrons. The Kier molecular flexibility index (Phi) is 6.35. The number of aryl methyl sites for hydroxylation is 1. The number of hydrogen-bond donors (Lipinski definition) is 2. The van der Waals surface area contributed by atoms with Crippen LogP contribution in [0.15, 0.2) is 46.9 Å². The first-order valence-corrected chi connectivity index (χ1v) is 9.80. The fraction of sp³-hybridized carbons (Fsp3) is 0.350. The third-order valence-corrected chi connectivity index (χ3v) is 5.52. The Morgan fingerprint density at radius 3 is 2.69 bits per heavy atom. The van der Waals surface area contributed by atoms with Gasteiger partial charge in [-0.1, -0.05) is 45.7 Å². The number of ether oxygens (including phenoxy) is 1. The Balaban J connectivity index is 1.70. The van der Waals surface area contributed by atoms with E-state index in [9.17, 15) is 4.79 Å². The lowest BCUT2D eigenvalue weighted by molar-refractivity contribution is -0.116. The molecular weight excluding hydrogens is 416 g/mol. The van der Waals surface area contributed by atoms with Gasteiger partial charge in [0.05, 0.1) is 17.3 Å². The van der Waals surface area contributed by atoms with Crippen LogP contribution in [0.4, 0.5) is 5.69 Å². The van der Waals surface area contributed by atoms with Gasteiger partial charge in [0.2, 0.25) is 5.91 Å². The maximum absolute atomic E-state index is 12.5. The van der Waals surface area contributed by atoms with E-state index in [0.717, 1.165) is 28.4 Å². The van der Waals surface area contributed by atoms with Gasteiger partial charge < -0.3 is 10.1 Å². The van der Waals surface area contributed by atoms with E-state index in [1.54, 1.807) is 0 Å². The van der Waals surface area contributed by atoms with Crippen molar-refractivity contribution in [1.29, 1.82) is 0 Å². The highest BCUT2D eigenvalue weighted by Crippen LogP contribution is 2.33. The molecule has 2 N–H and O–H groups in total. The SMILES string of the molecule is Cc1ccc(NC(=O)CNC2(c3cccc(Br)c3)CCOCC2)c(Cl)c1. The first-order chi connectivity index (χ1) is 12.5. The van der Waals surface area contributed by atoms with Crippen molar-refractivity contribution in [2.24, 2.45) is 0 Å². The molecule has 1 fully saturated rings. The van der Waals surface area contributed by atoms with Crippen LogP contribution < -0.4 is 10.6 Å². The quantitative estimate of drug-likeness (QED) is 0.716. The van der Waals surface area contributed by atoms with Gasteiger partial charge in [0, 0.05) is 23.2 Å². The van der Waals surface area contributed by atoms with E-state index in [2.05, 4.69) is 38.7 Å². The van der Waals surface area contributed by atoms with E-state index < -0.39 is 0 Å². The largest absolute Gasteiger partial charge is 0.381 e. The van der Waals surface area contributed by atoms with Gasteiger partial charge in [0.15, 0.2) is 0 Å². The van der Waals surface area contributed by atoms with E-state index in [1.807, 2.05) is 37.3 Å². The van der Waals surface area contributed by atoms with Crippen molar-refractivity contribution in [2.45, 2.75) is 25.3 Å². The highest BCUT2D eigenvalue weighted by atomic mass is 79.9. The van der Waals surface area contributed by atoms with E-state index in [4.69, 9.17) is 16.3 Å². The first kappa shape index (κ1) is 19.4. The third-order valence-electron chi connectivity index (χ3n) is 4.71. The molecule has 0 saturated carbocycles. The Morgan fingerprint density at radius 2 is 2.00 bits per heavy atom. The fourth-order valence-electron chi connectivity index (χ4n) is 3.24. The second-order valence-electron chi connectivity index (χ2n) is 6.59. The molecule has 1 aliphatic rings. The Morgan fingerprint density at radius 1 is 1.23 bits per heavy atom. The van der Waals surface area contributed by atoms with Gasteiger partial charge in [-0.05, 0) is 55.2 Å².